The molecule has 1 aromatic rings. The second-order valence-corrected chi connectivity index (χ2v) is 5.54. The number of ether oxygens (including phenoxy) is 1. The van der Waals surface area contributed by atoms with Gasteiger partial charge < -0.3 is 4.74 Å². The van der Waals surface area contributed by atoms with Gasteiger partial charge in [0, 0.05) is 6.08 Å². The highest BCUT2D eigenvalue weighted by molar-refractivity contribution is 5.87. The van der Waals surface area contributed by atoms with Crippen LogP contribution < -0.4 is 0 Å². The van der Waals surface area contributed by atoms with E-state index in [-0.39, 0.29) is 5.97 Å². The van der Waals surface area contributed by atoms with Gasteiger partial charge in [-0.15, -0.1) is 0 Å². The lowest BCUT2D eigenvalue weighted by Crippen LogP contribution is -2.09. The molecule has 1 aliphatic rings. The average molecular weight is 272 g/mol. The Labute approximate surface area is 121 Å². The molecule has 0 atom stereocenters. The van der Waals surface area contributed by atoms with Crippen LogP contribution >= 0.6 is 0 Å². The third-order valence-corrected chi connectivity index (χ3v) is 3.90. The van der Waals surface area contributed by atoms with Crippen LogP contribution in [0.2, 0.25) is 0 Å². The van der Waals surface area contributed by atoms with E-state index >= 15 is 0 Å². The summed E-state index contributed by atoms with van der Waals surface area (Å²) in [5.41, 5.74) is 2.45. The summed E-state index contributed by atoms with van der Waals surface area (Å²) in [6.45, 7) is 2.24. The maximum Gasteiger partial charge on any atom is 0.330 e. The number of benzene rings is 1. The number of rotatable bonds is 5. The van der Waals surface area contributed by atoms with Crippen LogP contribution in [0.3, 0.4) is 0 Å². The summed E-state index contributed by atoms with van der Waals surface area (Å²) in [5.74, 6) is 0.568. The predicted octanol–water partition coefficient (Wildman–Crippen LogP) is 4.39. The van der Waals surface area contributed by atoms with Gasteiger partial charge in [0.05, 0.1) is 6.61 Å². The zero-order valence-corrected chi connectivity index (χ0v) is 12.3. The maximum absolute atomic E-state index is 11.3. The Balaban J connectivity index is 1.94. The van der Waals surface area contributed by atoms with Gasteiger partial charge in [-0.05, 0) is 36.5 Å². The van der Waals surface area contributed by atoms with Crippen molar-refractivity contribution in [2.24, 2.45) is 5.92 Å². The van der Waals surface area contributed by atoms with Crippen LogP contribution in [-0.4, -0.2) is 12.6 Å². The summed E-state index contributed by atoms with van der Waals surface area (Å²) in [7, 11) is 0. The third kappa shape index (κ3) is 4.84. The Bertz CT molecular complexity index is 456. The van der Waals surface area contributed by atoms with Gasteiger partial charge in [-0.2, -0.15) is 0 Å². The predicted molar refractivity (Wildman–Crippen MR) is 82.4 cm³/mol. The minimum absolute atomic E-state index is 0.273. The minimum atomic E-state index is -0.273. The molecule has 0 unspecified atom stereocenters. The lowest BCUT2D eigenvalue weighted by atomic mass is 9.84. The van der Waals surface area contributed by atoms with Crippen LogP contribution in [0, 0.1) is 5.92 Å². The van der Waals surface area contributed by atoms with Gasteiger partial charge in [0.2, 0.25) is 0 Å². The van der Waals surface area contributed by atoms with E-state index in [1.807, 2.05) is 19.1 Å². The van der Waals surface area contributed by atoms with E-state index < -0.39 is 0 Å². The maximum atomic E-state index is 11.3. The molecule has 0 heterocycles. The van der Waals surface area contributed by atoms with Crippen molar-refractivity contribution in [1.29, 1.82) is 0 Å². The molecule has 0 saturated heterocycles. The van der Waals surface area contributed by atoms with Crippen LogP contribution in [0.1, 0.15) is 50.2 Å². The van der Waals surface area contributed by atoms with Crippen molar-refractivity contribution in [2.45, 2.75) is 45.4 Å². The zero-order valence-electron chi connectivity index (χ0n) is 12.3. The van der Waals surface area contributed by atoms with Gasteiger partial charge in [0.15, 0.2) is 0 Å². The fourth-order valence-electron chi connectivity index (χ4n) is 2.90. The first-order valence-corrected chi connectivity index (χ1v) is 7.71. The summed E-state index contributed by atoms with van der Waals surface area (Å²) >= 11 is 0. The van der Waals surface area contributed by atoms with E-state index in [1.54, 1.807) is 0 Å². The number of hydrogen-bond acceptors (Lipinski definition) is 2. The molecule has 1 fully saturated rings. The second-order valence-electron chi connectivity index (χ2n) is 5.54. The molecule has 0 amide bonds. The molecule has 2 nitrogen and oxygen atoms in total. The van der Waals surface area contributed by atoms with E-state index in [9.17, 15) is 4.79 Å². The molecule has 0 aromatic heterocycles. The molecule has 0 N–H and O–H groups in total. The molecular weight excluding hydrogens is 248 g/mol. The van der Waals surface area contributed by atoms with Crippen molar-refractivity contribution in [2.75, 3.05) is 6.61 Å². The quantitative estimate of drug-likeness (QED) is 0.587. The molecule has 1 aromatic carbocycles. The Morgan fingerprint density at radius 3 is 2.85 bits per heavy atom. The average Bonchev–Trinajstić information content (AvgIpc) is 2.47. The number of hydrogen-bond donors (Lipinski definition) is 0. The summed E-state index contributed by atoms with van der Waals surface area (Å²) in [6.07, 6.45) is 11.4. The van der Waals surface area contributed by atoms with Crippen molar-refractivity contribution in [3.8, 4) is 0 Å². The van der Waals surface area contributed by atoms with Gasteiger partial charge in [-0.25, -0.2) is 4.79 Å². The highest BCUT2D eigenvalue weighted by Gasteiger charge is 2.13. The minimum Gasteiger partial charge on any atom is -0.463 e. The summed E-state index contributed by atoms with van der Waals surface area (Å²) in [6, 6.07) is 8.48. The largest absolute Gasteiger partial charge is 0.463 e. The van der Waals surface area contributed by atoms with Crippen molar-refractivity contribution in [3.05, 3.63) is 41.5 Å². The van der Waals surface area contributed by atoms with Crippen LogP contribution in [0.5, 0.6) is 0 Å². The van der Waals surface area contributed by atoms with Gasteiger partial charge in [-0.1, -0.05) is 56.4 Å². The van der Waals surface area contributed by atoms with Gasteiger partial charge in [0.1, 0.15) is 0 Å². The first kappa shape index (κ1) is 14.8. The lowest BCUT2D eigenvalue weighted by Gasteiger charge is -2.21. The smallest absolute Gasteiger partial charge is 0.330 e. The van der Waals surface area contributed by atoms with Crippen LogP contribution in [-0.2, 0) is 16.0 Å². The van der Waals surface area contributed by atoms with Gasteiger partial charge in [-0.3, -0.25) is 0 Å². The van der Waals surface area contributed by atoms with Crippen LogP contribution in [0.25, 0.3) is 6.08 Å². The van der Waals surface area contributed by atoms with Gasteiger partial charge in [0.25, 0.3) is 0 Å². The molecule has 0 aliphatic heterocycles. The number of carbonyl (C=O) groups is 1. The first-order chi connectivity index (χ1) is 9.78. The molecule has 1 aliphatic carbocycles. The molecule has 0 spiro atoms. The van der Waals surface area contributed by atoms with E-state index in [0.29, 0.717) is 6.61 Å². The molecule has 2 rings (SSSR count). The highest BCUT2D eigenvalue weighted by Crippen LogP contribution is 2.27. The molecular formula is C18H24O2. The Hall–Kier alpha value is -1.57. The Morgan fingerprint density at radius 1 is 1.30 bits per heavy atom. The zero-order chi connectivity index (χ0) is 14.2. The van der Waals surface area contributed by atoms with Crippen molar-refractivity contribution < 1.29 is 9.53 Å². The summed E-state index contributed by atoms with van der Waals surface area (Å²) in [4.78, 5) is 11.3. The standard InChI is InChI=1S/C18H24O2/c1-2-20-18(19)12-11-16-9-6-10-17(14-16)13-15-7-4-3-5-8-15/h6,9-12,14-15H,2-5,7-8,13H2,1H3. The molecule has 0 radical (unpaired) electrons. The van der Waals surface area contributed by atoms with E-state index in [4.69, 9.17) is 4.74 Å². The molecule has 2 heteroatoms. The highest BCUT2D eigenvalue weighted by atomic mass is 16.5. The molecule has 20 heavy (non-hydrogen) atoms. The van der Waals surface area contributed by atoms with Gasteiger partial charge >= 0.3 is 5.97 Å². The monoisotopic (exact) mass is 272 g/mol. The van der Waals surface area contributed by atoms with Crippen molar-refractivity contribution >= 4 is 12.0 Å². The third-order valence-electron chi connectivity index (χ3n) is 3.90. The first-order valence-electron chi connectivity index (χ1n) is 7.71. The van der Waals surface area contributed by atoms with Crippen molar-refractivity contribution in [1.82, 2.24) is 0 Å². The van der Waals surface area contributed by atoms with Crippen molar-refractivity contribution in [3.63, 3.8) is 0 Å². The SMILES string of the molecule is CCOC(=O)C=Cc1cccc(CC2CCCCC2)c1. The van der Waals surface area contributed by atoms with E-state index in [0.717, 1.165) is 11.5 Å². The summed E-state index contributed by atoms with van der Waals surface area (Å²) < 4.78 is 4.89. The lowest BCUT2D eigenvalue weighted by molar-refractivity contribution is -0.137. The Morgan fingerprint density at radius 2 is 2.10 bits per heavy atom. The van der Waals surface area contributed by atoms with Crippen LogP contribution in [0.4, 0.5) is 0 Å². The normalized spacial score (nSPS) is 16.4. The fraction of sp³-hybridized carbons (Fsp3) is 0.500. The van der Waals surface area contributed by atoms with E-state index in [2.05, 4.69) is 18.2 Å². The number of esters is 1. The number of carbonyl (C=O) groups excluding carboxylic acids is 1. The van der Waals surface area contributed by atoms with E-state index in [1.165, 1.54) is 50.2 Å². The molecule has 1 saturated carbocycles. The van der Waals surface area contributed by atoms with Crippen LogP contribution in [0.15, 0.2) is 30.3 Å². The topological polar surface area (TPSA) is 26.3 Å². The fourth-order valence-corrected chi connectivity index (χ4v) is 2.90. The second kappa shape index (κ2) is 7.88. The molecule has 108 valence electrons. The Kier molecular flexibility index (Phi) is 5.85. The molecule has 0 bridgehead atoms. The summed E-state index contributed by atoms with van der Waals surface area (Å²) in [5, 5.41) is 0.